The molecule has 2 N–H and O–H groups in total. The molecule has 0 saturated heterocycles. The molecule has 2 rings (SSSR count). The normalized spacial score (nSPS) is 24.8. The third kappa shape index (κ3) is 2.31. The highest BCUT2D eigenvalue weighted by atomic mass is 16.5. The maximum Gasteiger partial charge on any atom is 0.155 e. The van der Waals surface area contributed by atoms with Gasteiger partial charge in [-0.05, 0) is 25.3 Å². The summed E-state index contributed by atoms with van der Waals surface area (Å²) in [6.07, 6.45) is 7.45. The first-order valence-electron chi connectivity index (χ1n) is 5.57. The molecule has 1 aromatic rings. The lowest BCUT2D eigenvalue weighted by Crippen LogP contribution is -2.41. The molecule has 0 aromatic carbocycles. The first-order valence-corrected chi connectivity index (χ1v) is 5.57. The molecule has 4 nitrogen and oxygen atoms in total. The van der Waals surface area contributed by atoms with Gasteiger partial charge in [-0.2, -0.15) is 5.26 Å². The van der Waals surface area contributed by atoms with E-state index < -0.39 is 0 Å². The molecule has 2 atom stereocenters. The van der Waals surface area contributed by atoms with Gasteiger partial charge in [-0.1, -0.05) is 6.42 Å². The van der Waals surface area contributed by atoms with Crippen LogP contribution in [0.1, 0.15) is 31.2 Å². The van der Waals surface area contributed by atoms with Gasteiger partial charge in [0.15, 0.2) is 5.75 Å². The zero-order valence-electron chi connectivity index (χ0n) is 9.10. The van der Waals surface area contributed by atoms with Crippen LogP contribution in [0.15, 0.2) is 18.5 Å². The minimum Gasteiger partial charge on any atom is -0.486 e. The minimum absolute atomic E-state index is 0.0186. The van der Waals surface area contributed by atoms with E-state index in [0.717, 1.165) is 19.3 Å². The quantitative estimate of drug-likeness (QED) is 0.816. The van der Waals surface area contributed by atoms with Crippen molar-refractivity contribution in [2.75, 3.05) is 0 Å². The minimum atomic E-state index is 0.0186. The standard InChI is InChI=1S/C12H15N3O/c13-7-9-5-6-15-8-12(9)16-11-4-2-1-3-10(11)14/h5-6,8,10-11H,1-4,14H2. The van der Waals surface area contributed by atoms with Crippen LogP contribution in [-0.4, -0.2) is 17.1 Å². The summed E-state index contributed by atoms with van der Waals surface area (Å²) in [6.45, 7) is 0. The number of aromatic nitrogens is 1. The molecular weight excluding hydrogens is 202 g/mol. The van der Waals surface area contributed by atoms with Crippen molar-refractivity contribution >= 4 is 0 Å². The van der Waals surface area contributed by atoms with Crippen molar-refractivity contribution in [2.45, 2.75) is 37.8 Å². The first-order chi connectivity index (χ1) is 7.81. The first kappa shape index (κ1) is 10.9. The molecule has 16 heavy (non-hydrogen) atoms. The summed E-state index contributed by atoms with van der Waals surface area (Å²) in [6, 6.07) is 3.82. The molecule has 1 aliphatic rings. The van der Waals surface area contributed by atoms with Crippen molar-refractivity contribution in [3.8, 4) is 11.8 Å². The van der Waals surface area contributed by atoms with E-state index in [4.69, 9.17) is 15.7 Å². The summed E-state index contributed by atoms with van der Waals surface area (Å²) in [5.74, 6) is 0.548. The van der Waals surface area contributed by atoms with Crippen LogP contribution in [0.2, 0.25) is 0 Å². The summed E-state index contributed by atoms with van der Waals surface area (Å²) in [5.41, 5.74) is 6.51. The number of rotatable bonds is 2. The highest BCUT2D eigenvalue weighted by Crippen LogP contribution is 2.24. The van der Waals surface area contributed by atoms with Gasteiger partial charge in [0.1, 0.15) is 12.2 Å². The average Bonchev–Trinajstić information content (AvgIpc) is 2.33. The van der Waals surface area contributed by atoms with Crippen LogP contribution in [0.3, 0.4) is 0 Å². The summed E-state index contributed by atoms with van der Waals surface area (Å²) in [5, 5.41) is 8.92. The number of hydrogen-bond donors (Lipinski definition) is 1. The van der Waals surface area contributed by atoms with Crippen molar-refractivity contribution in [1.29, 1.82) is 5.26 Å². The van der Waals surface area contributed by atoms with Gasteiger partial charge in [-0.25, -0.2) is 0 Å². The zero-order chi connectivity index (χ0) is 11.4. The Balaban J connectivity index is 2.11. The van der Waals surface area contributed by atoms with Crippen molar-refractivity contribution in [1.82, 2.24) is 4.98 Å². The van der Waals surface area contributed by atoms with Crippen molar-refractivity contribution in [2.24, 2.45) is 5.73 Å². The Labute approximate surface area is 95.0 Å². The van der Waals surface area contributed by atoms with Crippen molar-refractivity contribution in [3.63, 3.8) is 0 Å². The van der Waals surface area contributed by atoms with Crippen LogP contribution in [0.5, 0.6) is 5.75 Å². The lowest BCUT2D eigenvalue weighted by atomic mass is 9.93. The van der Waals surface area contributed by atoms with Gasteiger partial charge in [0.2, 0.25) is 0 Å². The Hall–Kier alpha value is -1.60. The fourth-order valence-electron chi connectivity index (χ4n) is 2.00. The number of ether oxygens (including phenoxy) is 1. The zero-order valence-corrected chi connectivity index (χ0v) is 9.10. The second kappa shape index (κ2) is 4.95. The van der Waals surface area contributed by atoms with E-state index in [1.54, 1.807) is 18.5 Å². The van der Waals surface area contributed by atoms with Gasteiger partial charge in [-0.3, -0.25) is 4.98 Å². The van der Waals surface area contributed by atoms with Crippen LogP contribution in [0.25, 0.3) is 0 Å². The second-order valence-corrected chi connectivity index (χ2v) is 4.09. The van der Waals surface area contributed by atoms with E-state index in [9.17, 15) is 0 Å². The van der Waals surface area contributed by atoms with Gasteiger partial charge in [0, 0.05) is 12.2 Å². The molecular formula is C12H15N3O. The summed E-state index contributed by atoms with van der Waals surface area (Å²) >= 11 is 0. The molecule has 84 valence electrons. The molecule has 1 fully saturated rings. The highest BCUT2D eigenvalue weighted by Gasteiger charge is 2.24. The lowest BCUT2D eigenvalue weighted by Gasteiger charge is -2.29. The van der Waals surface area contributed by atoms with Crippen LogP contribution in [-0.2, 0) is 0 Å². The number of nitrogens with zero attached hydrogens (tertiary/aromatic N) is 2. The predicted molar refractivity (Wildman–Crippen MR) is 59.8 cm³/mol. The van der Waals surface area contributed by atoms with Crippen LogP contribution < -0.4 is 10.5 Å². The molecule has 0 radical (unpaired) electrons. The summed E-state index contributed by atoms with van der Waals surface area (Å²) < 4.78 is 5.78. The number of nitriles is 1. The molecule has 2 unspecified atom stereocenters. The van der Waals surface area contributed by atoms with Crippen LogP contribution >= 0.6 is 0 Å². The third-order valence-corrected chi connectivity index (χ3v) is 2.94. The van der Waals surface area contributed by atoms with Crippen molar-refractivity contribution < 1.29 is 4.74 Å². The van der Waals surface area contributed by atoms with Crippen LogP contribution in [0, 0.1) is 11.3 Å². The maximum atomic E-state index is 8.92. The number of pyridine rings is 1. The number of hydrogen-bond acceptors (Lipinski definition) is 4. The van der Waals surface area contributed by atoms with Crippen LogP contribution in [0.4, 0.5) is 0 Å². The van der Waals surface area contributed by atoms with Gasteiger partial charge in [0.05, 0.1) is 11.8 Å². The smallest absolute Gasteiger partial charge is 0.155 e. The van der Waals surface area contributed by atoms with Gasteiger partial charge >= 0.3 is 0 Å². The predicted octanol–water partition coefficient (Wildman–Crippen LogP) is 1.60. The average molecular weight is 217 g/mol. The monoisotopic (exact) mass is 217 g/mol. The van der Waals surface area contributed by atoms with E-state index in [1.807, 2.05) is 0 Å². The van der Waals surface area contributed by atoms with Gasteiger partial charge in [0.25, 0.3) is 0 Å². The summed E-state index contributed by atoms with van der Waals surface area (Å²) in [4.78, 5) is 3.97. The van der Waals surface area contributed by atoms with E-state index >= 15 is 0 Å². The summed E-state index contributed by atoms with van der Waals surface area (Å²) in [7, 11) is 0. The molecule has 0 aliphatic heterocycles. The Kier molecular flexibility index (Phi) is 3.37. The van der Waals surface area contributed by atoms with Crippen molar-refractivity contribution in [3.05, 3.63) is 24.0 Å². The van der Waals surface area contributed by atoms with E-state index in [2.05, 4.69) is 11.1 Å². The molecule has 1 aromatic heterocycles. The molecule has 1 heterocycles. The SMILES string of the molecule is N#Cc1ccncc1OC1CCCCC1N. The molecule has 0 spiro atoms. The Morgan fingerprint density at radius 2 is 2.25 bits per heavy atom. The number of nitrogens with two attached hydrogens (primary N) is 1. The lowest BCUT2D eigenvalue weighted by molar-refractivity contribution is 0.131. The van der Waals surface area contributed by atoms with E-state index in [1.165, 1.54) is 6.42 Å². The molecule has 1 saturated carbocycles. The second-order valence-electron chi connectivity index (χ2n) is 4.09. The molecule has 1 aliphatic carbocycles. The maximum absolute atomic E-state index is 8.92. The van der Waals surface area contributed by atoms with Gasteiger partial charge in [-0.15, -0.1) is 0 Å². The largest absolute Gasteiger partial charge is 0.486 e. The van der Waals surface area contributed by atoms with E-state index in [-0.39, 0.29) is 12.1 Å². The highest BCUT2D eigenvalue weighted by molar-refractivity contribution is 5.40. The molecule has 0 bridgehead atoms. The third-order valence-electron chi connectivity index (χ3n) is 2.94. The fraction of sp³-hybridized carbons (Fsp3) is 0.500. The fourth-order valence-corrected chi connectivity index (χ4v) is 2.00. The topological polar surface area (TPSA) is 71.9 Å². The molecule has 0 amide bonds. The molecule has 4 heteroatoms. The Morgan fingerprint density at radius 1 is 1.44 bits per heavy atom. The Bertz CT molecular complexity index is 399. The van der Waals surface area contributed by atoms with Gasteiger partial charge < -0.3 is 10.5 Å². The van der Waals surface area contributed by atoms with E-state index in [0.29, 0.717) is 11.3 Å². The Morgan fingerprint density at radius 3 is 3.00 bits per heavy atom.